The number of nitrogens with one attached hydrogen (secondary N) is 1. The van der Waals surface area contributed by atoms with Crippen LogP contribution in [0.25, 0.3) is 0 Å². The highest BCUT2D eigenvalue weighted by atomic mass is 19.1. The minimum atomic E-state index is -0.310. The van der Waals surface area contributed by atoms with Crippen LogP contribution in [0.1, 0.15) is 12.5 Å². The first kappa shape index (κ1) is 11.9. The van der Waals surface area contributed by atoms with Crippen LogP contribution in [0.15, 0.2) is 12.1 Å². The van der Waals surface area contributed by atoms with Crippen molar-refractivity contribution >= 4 is 17.3 Å². The van der Waals surface area contributed by atoms with E-state index in [-0.39, 0.29) is 30.9 Å². The summed E-state index contributed by atoms with van der Waals surface area (Å²) in [6, 6.07) is 2.79. The lowest BCUT2D eigenvalue weighted by Crippen LogP contribution is -2.45. The molecule has 0 fully saturated rings. The third-order valence-corrected chi connectivity index (χ3v) is 2.97. The Morgan fingerprint density at radius 3 is 2.94 bits per heavy atom. The molecule has 0 spiro atoms. The van der Waals surface area contributed by atoms with Crippen LogP contribution in [0.4, 0.5) is 15.8 Å². The second-order valence-electron chi connectivity index (χ2n) is 4.33. The van der Waals surface area contributed by atoms with Crippen molar-refractivity contribution in [3.8, 4) is 0 Å². The van der Waals surface area contributed by atoms with Crippen molar-refractivity contribution in [3.63, 3.8) is 0 Å². The van der Waals surface area contributed by atoms with Crippen LogP contribution in [0.2, 0.25) is 0 Å². The number of carbonyl (C=O) groups excluding carboxylic acids is 1. The van der Waals surface area contributed by atoms with Gasteiger partial charge in [-0.25, -0.2) is 4.39 Å². The Morgan fingerprint density at radius 1 is 1.59 bits per heavy atom. The molecule has 0 radical (unpaired) electrons. The number of anilines is 2. The van der Waals surface area contributed by atoms with E-state index in [1.165, 1.54) is 6.07 Å². The zero-order chi connectivity index (χ0) is 12.6. The van der Waals surface area contributed by atoms with Gasteiger partial charge in [-0.15, -0.1) is 0 Å². The molecule has 1 aromatic rings. The van der Waals surface area contributed by atoms with Gasteiger partial charge in [-0.1, -0.05) is 0 Å². The third-order valence-electron chi connectivity index (χ3n) is 2.97. The normalized spacial score (nSPS) is 16.5. The Labute approximate surface area is 99.0 Å². The number of halogens is 1. The number of nitrogens with zero attached hydrogens (tertiary/aromatic N) is 1. The van der Waals surface area contributed by atoms with Crippen LogP contribution >= 0.6 is 0 Å². The fourth-order valence-electron chi connectivity index (χ4n) is 1.93. The van der Waals surface area contributed by atoms with Crippen molar-refractivity contribution in [2.75, 3.05) is 23.4 Å². The van der Waals surface area contributed by atoms with Gasteiger partial charge in [0.1, 0.15) is 5.82 Å². The van der Waals surface area contributed by atoms with Crippen molar-refractivity contribution in [1.29, 1.82) is 0 Å². The Balaban J connectivity index is 2.48. The lowest BCUT2D eigenvalue weighted by molar-refractivity contribution is -0.115. The minimum Gasteiger partial charge on any atom is -0.394 e. The van der Waals surface area contributed by atoms with Crippen molar-refractivity contribution in [2.45, 2.75) is 19.9 Å². The SMILES string of the molecule is Cc1cc2c(cc1F)N(C(C)CO)CC(=O)N2. The molecule has 0 saturated carbocycles. The summed E-state index contributed by atoms with van der Waals surface area (Å²) in [5.74, 6) is -0.459. The summed E-state index contributed by atoms with van der Waals surface area (Å²) in [6.07, 6.45) is 0. The molecule has 0 bridgehead atoms. The predicted octanol–water partition coefficient (Wildman–Crippen LogP) is 1.27. The molecule has 1 amide bonds. The summed E-state index contributed by atoms with van der Waals surface area (Å²) in [6.45, 7) is 3.50. The number of fused-ring (bicyclic) bond motifs is 1. The number of aryl methyl sites for hydroxylation is 1. The van der Waals surface area contributed by atoms with E-state index < -0.39 is 0 Å². The minimum absolute atomic E-state index is 0.0811. The van der Waals surface area contributed by atoms with Crippen molar-refractivity contribution in [2.24, 2.45) is 0 Å². The second kappa shape index (κ2) is 4.33. The molecule has 2 N–H and O–H groups in total. The maximum atomic E-state index is 13.5. The summed E-state index contributed by atoms with van der Waals surface area (Å²) >= 11 is 0. The van der Waals surface area contributed by atoms with Crippen LogP contribution in [0.5, 0.6) is 0 Å². The molecular formula is C12H15FN2O2. The third kappa shape index (κ3) is 2.10. The highest BCUT2D eigenvalue weighted by Gasteiger charge is 2.26. The van der Waals surface area contributed by atoms with Gasteiger partial charge in [0.05, 0.1) is 24.5 Å². The lowest BCUT2D eigenvalue weighted by atomic mass is 10.1. The van der Waals surface area contributed by atoms with Crippen molar-refractivity contribution in [3.05, 3.63) is 23.5 Å². The van der Waals surface area contributed by atoms with E-state index >= 15 is 0 Å². The van der Waals surface area contributed by atoms with E-state index in [9.17, 15) is 9.18 Å². The summed E-state index contributed by atoms with van der Waals surface area (Å²) < 4.78 is 13.5. The van der Waals surface area contributed by atoms with E-state index in [0.717, 1.165) is 0 Å². The van der Waals surface area contributed by atoms with Gasteiger partial charge in [0, 0.05) is 6.04 Å². The van der Waals surface area contributed by atoms with Gasteiger partial charge < -0.3 is 15.3 Å². The zero-order valence-electron chi connectivity index (χ0n) is 9.83. The zero-order valence-corrected chi connectivity index (χ0v) is 9.83. The maximum Gasteiger partial charge on any atom is 0.243 e. The molecular weight excluding hydrogens is 223 g/mol. The van der Waals surface area contributed by atoms with Crippen LogP contribution in [-0.4, -0.2) is 30.2 Å². The fraction of sp³-hybridized carbons (Fsp3) is 0.417. The summed E-state index contributed by atoms with van der Waals surface area (Å²) in [5.41, 5.74) is 1.71. The second-order valence-corrected chi connectivity index (χ2v) is 4.33. The van der Waals surface area contributed by atoms with Gasteiger partial charge in [-0.05, 0) is 31.5 Å². The van der Waals surface area contributed by atoms with E-state index in [4.69, 9.17) is 5.11 Å². The molecule has 17 heavy (non-hydrogen) atoms. The average Bonchev–Trinajstić information content (AvgIpc) is 2.29. The summed E-state index contributed by atoms with van der Waals surface area (Å²) in [5, 5.41) is 11.9. The summed E-state index contributed by atoms with van der Waals surface area (Å²) in [7, 11) is 0. The molecule has 1 aromatic carbocycles. The molecule has 1 atom stereocenters. The average molecular weight is 238 g/mol. The van der Waals surface area contributed by atoms with Crippen molar-refractivity contribution in [1.82, 2.24) is 0 Å². The largest absolute Gasteiger partial charge is 0.394 e. The Bertz CT molecular complexity index is 462. The first-order chi connectivity index (χ1) is 8.02. The number of aliphatic hydroxyl groups is 1. The van der Waals surface area contributed by atoms with E-state index in [1.807, 2.05) is 0 Å². The summed E-state index contributed by atoms with van der Waals surface area (Å²) in [4.78, 5) is 13.2. The van der Waals surface area contributed by atoms with Gasteiger partial charge in [0.25, 0.3) is 0 Å². The molecule has 0 saturated heterocycles. The predicted molar refractivity (Wildman–Crippen MR) is 63.7 cm³/mol. The van der Waals surface area contributed by atoms with E-state index in [2.05, 4.69) is 5.32 Å². The molecule has 5 heteroatoms. The molecule has 1 unspecified atom stereocenters. The van der Waals surface area contributed by atoms with Crippen LogP contribution in [0.3, 0.4) is 0 Å². The first-order valence-corrected chi connectivity index (χ1v) is 5.50. The Hall–Kier alpha value is -1.62. The topological polar surface area (TPSA) is 52.6 Å². The number of hydrogen-bond donors (Lipinski definition) is 2. The van der Waals surface area contributed by atoms with Gasteiger partial charge in [-0.3, -0.25) is 4.79 Å². The van der Waals surface area contributed by atoms with Crippen LogP contribution in [-0.2, 0) is 4.79 Å². The fourth-order valence-corrected chi connectivity index (χ4v) is 1.93. The number of carbonyl (C=O) groups is 1. The Morgan fingerprint density at radius 2 is 2.29 bits per heavy atom. The van der Waals surface area contributed by atoms with Gasteiger partial charge >= 0.3 is 0 Å². The van der Waals surface area contributed by atoms with Gasteiger partial charge in [-0.2, -0.15) is 0 Å². The van der Waals surface area contributed by atoms with Crippen molar-refractivity contribution < 1.29 is 14.3 Å². The molecule has 4 nitrogen and oxygen atoms in total. The number of benzene rings is 1. The molecule has 1 aliphatic rings. The number of aliphatic hydroxyl groups excluding tert-OH is 1. The quantitative estimate of drug-likeness (QED) is 0.816. The molecule has 2 rings (SSSR count). The monoisotopic (exact) mass is 238 g/mol. The first-order valence-electron chi connectivity index (χ1n) is 5.50. The maximum absolute atomic E-state index is 13.5. The number of rotatable bonds is 2. The molecule has 0 aliphatic carbocycles. The van der Waals surface area contributed by atoms with Crippen LogP contribution < -0.4 is 10.2 Å². The molecule has 1 aliphatic heterocycles. The molecule has 0 aromatic heterocycles. The van der Waals surface area contributed by atoms with Crippen LogP contribution in [0, 0.1) is 12.7 Å². The number of hydrogen-bond acceptors (Lipinski definition) is 3. The van der Waals surface area contributed by atoms with E-state index in [1.54, 1.807) is 24.8 Å². The van der Waals surface area contributed by atoms with E-state index in [0.29, 0.717) is 16.9 Å². The molecule has 1 heterocycles. The molecule has 92 valence electrons. The highest BCUT2D eigenvalue weighted by molar-refractivity contribution is 6.01. The smallest absolute Gasteiger partial charge is 0.243 e. The van der Waals surface area contributed by atoms with Gasteiger partial charge in [0.2, 0.25) is 5.91 Å². The highest BCUT2D eigenvalue weighted by Crippen LogP contribution is 2.32. The standard InChI is InChI=1S/C12H15FN2O2/c1-7-3-10-11(4-9(7)13)15(8(2)6-16)5-12(17)14-10/h3-4,8,16H,5-6H2,1-2H3,(H,14,17). The Kier molecular flexibility index (Phi) is 3.02. The van der Waals surface area contributed by atoms with Gasteiger partial charge in [0.15, 0.2) is 0 Å². The lowest BCUT2D eigenvalue weighted by Gasteiger charge is -2.35. The number of amides is 1.